The van der Waals surface area contributed by atoms with E-state index in [9.17, 15) is 53.5 Å². The number of carbonyl (C=O) groups excluding carboxylic acids is 2. The van der Waals surface area contributed by atoms with Crippen molar-refractivity contribution in [3.05, 3.63) is 12.2 Å². The van der Waals surface area contributed by atoms with Gasteiger partial charge in [-0.1, -0.05) is 6.58 Å². The molecule has 0 radical (unpaired) electrons. The summed E-state index contributed by atoms with van der Waals surface area (Å²) < 4.78 is 129. The van der Waals surface area contributed by atoms with Gasteiger partial charge in [-0.25, -0.2) is 4.79 Å². The van der Waals surface area contributed by atoms with Crippen molar-refractivity contribution in [3.63, 3.8) is 0 Å². The number of carbonyl (C=O) groups is 2. The zero-order valence-corrected chi connectivity index (χ0v) is 13.2. The molecule has 0 aliphatic heterocycles. The highest BCUT2D eigenvalue weighted by Gasteiger charge is 2.57. The largest absolute Gasteiger partial charge is 0.465 e. The Kier molecular flexibility index (Phi) is 8.12. The summed E-state index contributed by atoms with van der Waals surface area (Å²) in [4.78, 5) is 22.4. The van der Waals surface area contributed by atoms with Crippen molar-refractivity contribution in [1.82, 2.24) is 0 Å². The summed E-state index contributed by atoms with van der Waals surface area (Å²) in [6, 6.07) is 0. The van der Waals surface area contributed by atoms with Crippen molar-refractivity contribution in [2.45, 2.75) is 43.5 Å². The van der Waals surface area contributed by atoms with Crippen molar-refractivity contribution in [3.8, 4) is 0 Å². The predicted octanol–water partition coefficient (Wildman–Crippen LogP) is 4.19. The molecule has 0 atom stereocenters. The molecule has 0 bridgehead atoms. The molecule has 27 heavy (non-hydrogen) atoms. The summed E-state index contributed by atoms with van der Waals surface area (Å²) in [5, 5.41) is 0. The van der Waals surface area contributed by atoms with Crippen LogP contribution in [0.4, 0.5) is 43.9 Å². The van der Waals surface area contributed by atoms with E-state index in [-0.39, 0.29) is 0 Å². The molecule has 14 heteroatoms. The van der Waals surface area contributed by atoms with E-state index in [0.29, 0.717) is 0 Å². The van der Waals surface area contributed by atoms with Gasteiger partial charge in [0.25, 0.3) is 0 Å². The van der Waals surface area contributed by atoms with Gasteiger partial charge >= 0.3 is 36.1 Å². The van der Waals surface area contributed by atoms with Crippen LogP contribution in [-0.4, -0.2) is 49.4 Å². The molecule has 0 heterocycles. The Hall–Kier alpha value is -2.02. The van der Waals surface area contributed by atoms with Gasteiger partial charge in [0, 0.05) is 5.57 Å². The fraction of sp³-hybridized carbons (Fsp3) is 0.692. The molecular weight excluding hydrogens is 410 g/mol. The topological polar surface area (TPSA) is 52.6 Å². The lowest BCUT2D eigenvalue weighted by Crippen LogP contribution is -2.37. The minimum atomic E-state index is -5.86. The van der Waals surface area contributed by atoms with Crippen molar-refractivity contribution >= 4 is 11.9 Å². The summed E-state index contributed by atoms with van der Waals surface area (Å²) in [5.41, 5.74) is -0.794. The third-order valence-corrected chi connectivity index (χ3v) is 2.80. The second kappa shape index (κ2) is 8.78. The van der Waals surface area contributed by atoms with Crippen LogP contribution in [0.3, 0.4) is 0 Å². The van der Waals surface area contributed by atoms with Crippen LogP contribution in [0, 0.1) is 0 Å². The van der Waals surface area contributed by atoms with E-state index >= 15 is 0 Å². The maximum absolute atomic E-state index is 12.6. The molecule has 0 aromatic rings. The van der Waals surface area contributed by atoms with Crippen LogP contribution in [0.1, 0.15) is 19.3 Å². The van der Waals surface area contributed by atoms with E-state index in [1.54, 1.807) is 0 Å². The lowest BCUT2D eigenvalue weighted by atomic mass is 10.2. The number of halogens is 10. The lowest BCUT2D eigenvalue weighted by Gasteiger charge is -2.19. The van der Waals surface area contributed by atoms with Gasteiger partial charge in [-0.3, -0.25) is 4.79 Å². The monoisotopic (exact) mass is 422 g/mol. The maximum atomic E-state index is 12.6. The van der Waals surface area contributed by atoms with Gasteiger partial charge in [0.15, 0.2) is 0 Å². The third kappa shape index (κ3) is 8.03. The Morgan fingerprint density at radius 1 is 0.704 bits per heavy atom. The fourth-order valence-electron chi connectivity index (χ4n) is 1.25. The fourth-order valence-corrected chi connectivity index (χ4v) is 1.25. The van der Waals surface area contributed by atoms with Gasteiger partial charge in [-0.05, 0) is 0 Å². The Bertz CT molecular complexity index is 550. The zero-order chi connectivity index (χ0) is 21.7. The Balaban J connectivity index is 4.30. The molecular formula is C13H12F10O4. The lowest BCUT2D eigenvalue weighted by molar-refractivity contribution is -0.286. The van der Waals surface area contributed by atoms with Gasteiger partial charge in [0.1, 0.15) is 0 Å². The Morgan fingerprint density at radius 3 is 1.44 bits per heavy atom. The van der Waals surface area contributed by atoms with Crippen LogP contribution in [-0.2, 0) is 19.1 Å². The Morgan fingerprint density at radius 2 is 1.07 bits per heavy atom. The quantitative estimate of drug-likeness (QED) is 0.318. The summed E-state index contributed by atoms with van der Waals surface area (Å²) in [5.74, 6) is -13.3. The van der Waals surface area contributed by atoms with Gasteiger partial charge in [0.05, 0.1) is 32.5 Å². The second-order valence-electron chi connectivity index (χ2n) is 5.04. The normalized spacial score (nSPS) is 13.3. The highest BCUT2D eigenvalue weighted by atomic mass is 19.4. The first-order valence-electron chi connectivity index (χ1n) is 6.80. The molecule has 0 fully saturated rings. The minimum Gasteiger partial charge on any atom is -0.465 e. The standard InChI is InChI=1S/C13H12F10O4/c1-7(9(25)27-5-3-11(16,17)13(21,22)23)6-8(24)26-4-2-10(14,15)12(18,19)20/h1-6H2. The molecule has 158 valence electrons. The molecule has 0 N–H and O–H groups in total. The van der Waals surface area contributed by atoms with Gasteiger partial charge in [-0.2, -0.15) is 43.9 Å². The molecule has 0 saturated heterocycles. The molecule has 0 aromatic carbocycles. The van der Waals surface area contributed by atoms with Gasteiger partial charge in [0.2, 0.25) is 0 Å². The molecule has 0 aromatic heterocycles. The van der Waals surface area contributed by atoms with Crippen LogP contribution in [0.5, 0.6) is 0 Å². The van der Waals surface area contributed by atoms with E-state index < -0.39 is 74.2 Å². The number of esters is 2. The number of hydrogen-bond donors (Lipinski definition) is 0. The van der Waals surface area contributed by atoms with Crippen LogP contribution in [0.2, 0.25) is 0 Å². The molecule has 4 nitrogen and oxygen atoms in total. The molecule has 0 amide bonds. The van der Waals surface area contributed by atoms with E-state index in [4.69, 9.17) is 0 Å². The van der Waals surface area contributed by atoms with Crippen LogP contribution < -0.4 is 0 Å². The van der Waals surface area contributed by atoms with Crippen LogP contribution >= 0.6 is 0 Å². The average Bonchev–Trinajstić information content (AvgIpc) is 2.44. The SMILES string of the molecule is C=C(CC(=O)OCCC(F)(F)C(F)(F)F)C(=O)OCCC(F)(F)C(F)(F)F. The van der Waals surface area contributed by atoms with Crippen LogP contribution in [0.15, 0.2) is 12.2 Å². The number of hydrogen-bond acceptors (Lipinski definition) is 4. The second-order valence-corrected chi connectivity index (χ2v) is 5.04. The zero-order valence-electron chi connectivity index (χ0n) is 13.2. The average molecular weight is 422 g/mol. The molecule has 0 spiro atoms. The van der Waals surface area contributed by atoms with E-state index in [1.807, 2.05) is 0 Å². The first kappa shape index (κ1) is 25.0. The molecule has 0 unspecified atom stereocenters. The smallest absolute Gasteiger partial charge is 0.453 e. The third-order valence-electron chi connectivity index (χ3n) is 2.80. The molecule has 0 aliphatic carbocycles. The Labute approximate surface area is 145 Å². The van der Waals surface area contributed by atoms with Crippen molar-refractivity contribution in [2.24, 2.45) is 0 Å². The number of alkyl halides is 10. The number of rotatable bonds is 9. The molecule has 0 rings (SSSR count). The van der Waals surface area contributed by atoms with E-state index in [1.165, 1.54) is 0 Å². The van der Waals surface area contributed by atoms with E-state index in [2.05, 4.69) is 16.1 Å². The highest BCUT2D eigenvalue weighted by Crippen LogP contribution is 2.38. The van der Waals surface area contributed by atoms with Crippen molar-refractivity contribution in [1.29, 1.82) is 0 Å². The van der Waals surface area contributed by atoms with Gasteiger partial charge < -0.3 is 9.47 Å². The predicted molar refractivity (Wildman–Crippen MR) is 66.9 cm³/mol. The summed E-state index contributed by atoms with van der Waals surface area (Å²) in [6.45, 7) is 0.208. The van der Waals surface area contributed by atoms with Gasteiger partial charge in [-0.15, -0.1) is 0 Å². The first-order chi connectivity index (χ1) is 11.9. The molecule has 0 aliphatic rings. The minimum absolute atomic E-state index is 0.794. The maximum Gasteiger partial charge on any atom is 0.453 e. The molecule has 0 saturated carbocycles. The summed E-state index contributed by atoms with van der Waals surface area (Å²) in [7, 11) is 0. The van der Waals surface area contributed by atoms with Crippen LogP contribution in [0.25, 0.3) is 0 Å². The van der Waals surface area contributed by atoms with E-state index in [0.717, 1.165) is 0 Å². The van der Waals surface area contributed by atoms with Crippen molar-refractivity contribution < 1.29 is 63.0 Å². The van der Waals surface area contributed by atoms with Crippen molar-refractivity contribution in [2.75, 3.05) is 13.2 Å². The highest BCUT2D eigenvalue weighted by molar-refractivity contribution is 5.93. The summed E-state index contributed by atoms with van der Waals surface area (Å²) in [6.07, 6.45) is -16.6. The summed E-state index contributed by atoms with van der Waals surface area (Å²) >= 11 is 0. The number of ether oxygens (including phenoxy) is 2. The first-order valence-corrected chi connectivity index (χ1v) is 6.80.